The molecule has 0 radical (unpaired) electrons. The van der Waals surface area contributed by atoms with Gasteiger partial charge in [0.1, 0.15) is 0 Å². The van der Waals surface area contributed by atoms with E-state index in [1.807, 2.05) is 0 Å². The van der Waals surface area contributed by atoms with E-state index in [0.717, 1.165) is 19.3 Å². The van der Waals surface area contributed by atoms with Gasteiger partial charge in [0.15, 0.2) is 0 Å². The number of hydrogen-bond donors (Lipinski definition) is 0. The van der Waals surface area contributed by atoms with Crippen LogP contribution in [-0.2, 0) is 19.4 Å². The molecule has 0 aliphatic heterocycles. The van der Waals surface area contributed by atoms with Crippen LogP contribution in [0.4, 0.5) is 0 Å². The van der Waals surface area contributed by atoms with Gasteiger partial charge in [0.2, 0.25) is 0 Å². The summed E-state index contributed by atoms with van der Waals surface area (Å²) in [5.74, 6) is -0.988. The van der Waals surface area contributed by atoms with Crippen molar-refractivity contribution in [1.82, 2.24) is 0 Å². The summed E-state index contributed by atoms with van der Waals surface area (Å²) in [6.45, 7) is 7.36. The van der Waals surface area contributed by atoms with Crippen LogP contribution in [-0.4, -0.2) is 11.9 Å². The lowest BCUT2D eigenvalue weighted by Crippen LogP contribution is -2.24. The van der Waals surface area contributed by atoms with Crippen LogP contribution in [0.25, 0.3) is 0 Å². The average Bonchev–Trinajstić information content (AvgIpc) is 2.41. The molecule has 124 valence electrons. The van der Waals surface area contributed by atoms with Crippen LogP contribution in [0, 0.1) is 5.41 Å². The van der Waals surface area contributed by atoms with E-state index in [0.29, 0.717) is 6.42 Å². The summed E-state index contributed by atoms with van der Waals surface area (Å²) >= 11 is 0. The van der Waals surface area contributed by atoms with Crippen LogP contribution < -0.4 is 0 Å². The van der Waals surface area contributed by atoms with Gasteiger partial charge in [0.25, 0.3) is 0 Å². The normalized spacial score (nSPS) is 11.2. The first-order valence-electron chi connectivity index (χ1n) is 8.29. The minimum Gasteiger partial charge on any atom is -0.247 e. The molecule has 0 aliphatic rings. The molecule has 0 N–H and O–H groups in total. The van der Waals surface area contributed by atoms with Crippen molar-refractivity contribution in [2.24, 2.45) is 5.41 Å². The lowest BCUT2D eigenvalue weighted by atomic mass is 9.98. The molecule has 0 aromatic carbocycles. The van der Waals surface area contributed by atoms with E-state index in [1.165, 1.54) is 38.5 Å². The molecule has 0 unspecified atom stereocenters. The van der Waals surface area contributed by atoms with E-state index in [9.17, 15) is 9.59 Å². The molecule has 0 aromatic heterocycles. The lowest BCUT2D eigenvalue weighted by Gasteiger charge is -2.14. The van der Waals surface area contributed by atoms with Crippen LogP contribution in [0.1, 0.15) is 91.9 Å². The van der Waals surface area contributed by atoms with Gasteiger partial charge in [-0.1, -0.05) is 58.3 Å². The Morgan fingerprint density at radius 1 is 0.762 bits per heavy atom. The monoisotopic (exact) mass is 300 g/mol. The van der Waals surface area contributed by atoms with Gasteiger partial charge < -0.3 is 0 Å². The first kappa shape index (κ1) is 19.9. The molecule has 0 saturated carbocycles. The Hall–Kier alpha value is -1.06. The van der Waals surface area contributed by atoms with Crippen LogP contribution in [0.5, 0.6) is 0 Å². The Kier molecular flexibility index (Phi) is 11.0. The molecule has 0 atom stereocenters. The maximum absolute atomic E-state index is 11.4. The van der Waals surface area contributed by atoms with Gasteiger partial charge in [0, 0.05) is 0 Å². The van der Waals surface area contributed by atoms with Gasteiger partial charge in [-0.2, -0.15) is 0 Å². The molecular formula is C17H32O4. The van der Waals surface area contributed by atoms with Crippen molar-refractivity contribution in [3.63, 3.8) is 0 Å². The van der Waals surface area contributed by atoms with Crippen molar-refractivity contribution < 1.29 is 19.4 Å². The van der Waals surface area contributed by atoms with E-state index in [1.54, 1.807) is 20.8 Å². The predicted octanol–water partition coefficient (Wildman–Crippen LogP) is 4.95. The quantitative estimate of drug-likeness (QED) is 0.325. The van der Waals surface area contributed by atoms with Crippen molar-refractivity contribution in [2.45, 2.75) is 91.9 Å². The zero-order valence-electron chi connectivity index (χ0n) is 14.2. The SMILES string of the molecule is CCCCCCCCCCCC(=O)OOC(=O)C(C)(C)C. The van der Waals surface area contributed by atoms with Gasteiger partial charge in [-0.25, -0.2) is 19.4 Å². The summed E-state index contributed by atoms with van der Waals surface area (Å²) in [6.07, 6.45) is 11.1. The highest BCUT2D eigenvalue weighted by Gasteiger charge is 2.25. The number of carbonyl (C=O) groups is 2. The summed E-state index contributed by atoms with van der Waals surface area (Å²) in [5.41, 5.74) is -0.655. The fourth-order valence-corrected chi connectivity index (χ4v) is 1.83. The molecule has 4 heteroatoms. The fourth-order valence-electron chi connectivity index (χ4n) is 1.83. The second-order valence-electron chi connectivity index (χ2n) is 6.65. The molecule has 0 aliphatic carbocycles. The molecule has 0 aromatic rings. The topological polar surface area (TPSA) is 52.6 Å². The van der Waals surface area contributed by atoms with Crippen molar-refractivity contribution in [3.05, 3.63) is 0 Å². The molecule has 0 heterocycles. The summed E-state index contributed by atoms with van der Waals surface area (Å²) < 4.78 is 0. The Bertz CT molecular complexity index is 292. The smallest absolute Gasteiger partial charge is 0.247 e. The Morgan fingerprint density at radius 2 is 1.24 bits per heavy atom. The van der Waals surface area contributed by atoms with Gasteiger partial charge in [-0.3, -0.25) is 0 Å². The minimum absolute atomic E-state index is 0.313. The van der Waals surface area contributed by atoms with Gasteiger partial charge in [0.05, 0.1) is 11.8 Å². The van der Waals surface area contributed by atoms with Crippen LogP contribution in [0.2, 0.25) is 0 Å². The number of carbonyl (C=O) groups excluding carboxylic acids is 2. The number of rotatable bonds is 10. The van der Waals surface area contributed by atoms with Crippen LogP contribution >= 0.6 is 0 Å². The largest absolute Gasteiger partial charge is 0.360 e. The van der Waals surface area contributed by atoms with E-state index < -0.39 is 17.4 Å². The highest BCUT2D eigenvalue weighted by molar-refractivity contribution is 5.76. The standard InChI is InChI=1S/C17H32O4/c1-5-6-7-8-9-10-11-12-13-14-15(18)20-21-16(19)17(2,3)4/h5-14H2,1-4H3. The molecule has 4 nitrogen and oxygen atoms in total. The second kappa shape index (κ2) is 11.6. The molecule has 0 saturated heterocycles. The van der Waals surface area contributed by atoms with Crippen molar-refractivity contribution in [1.29, 1.82) is 0 Å². The van der Waals surface area contributed by atoms with Crippen molar-refractivity contribution >= 4 is 11.9 Å². The van der Waals surface area contributed by atoms with Crippen molar-refractivity contribution in [3.8, 4) is 0 Å². The molecule has 21 heavy (non-hydrogen) atoms. The third kappa shape index (κ3) is 12.4. The van der Waals surface area contributed by atoms with E-state index in [2.05, 4.69) is 16.7 Å². The number of unbranched alkanes of at least 4 members (excludes halogenated alkanes) is 8. The zero-order valence-corrected chi connectivity index (χ0v) is 14.2. The summed E-state index contributed by atoms with van der Waals surface area (Å²) in [6, 6.07) is 0. The first-order valence-corrected chi connectivity index (χ1v) is 8.29. The molecular weight excluding hydrogens is 268 g/mol. The van der Waals surface area contributed by atoms with E-state index >= 15 is 0 Å². The summed E-state index contributed by atoms with van der Waals surface area (Å²) in [7, 11) is 0. The van der Waals surface area contributed by atoms with Crippen LogP contribution in [0.15, 0.2) is 0 Å². The summed E-state index contributed by atoms with van der Waals surface area (Å²) in [5, 5.41) is 0. The average molecular weight is 300 g/mol. The predicted molar refractivity (Wildman–Crippen MR) is 83.5 cm³/mol. The molecule has 0 fully saturated rings. The van der Waals surface area contributed by atoms with E-state index in [4.69, 9.17) is 0 Å². The Morgan fingerprint density at radius 3 is 1.71 bits per heavy atom. The van der Waals surface area contributed by atoms with Gasteiger partial charge >= 0.3 is 11.9 Å². The third-order valence-electron chi connectivity index (χ3n) is 3.31. The first-order chi connectivity index (χ1) is 9.88. The lowest BCUT2D eigenvalue weighted by molar-refractivity contribution is -0.265. The van der Waals surface area contributed by atoms with Crippen molar-refractivity contribution in [2.75, 3.05) is 0 Å². The maximum atomic E-state index is 11.4. The zero-order chi connectivity index (χ0) is 16.1. The van der Waals surface area contributed by atoms with Crippen LogP contribution in [0.3, 0.4) is 0 Å². The molecule has 0 rings (SSSR count). The Balaban J connectivity index is 3.40. The van der Waals surface area contributed by atoms with Gasteiger partial charge in [-0.15, -0.1) is 0 Å². The maximum Gasteiger partial charge on any atom is 0.360 e. The fraction of sp³-hybridized carbons (Fsp3) is 0.882. The minimum atomic E-state index is -0.655. The Labute approximate surface area is 129 Å². The van der Waals surface area contributed by atoms with Gasteiger partial charge in [-0.05, 0) is 27.2 Å². The molecule has 0 bridgehead atoms. The highest BCUT2D eigenvalue weighted by atomic mass is 17.2. The highest BCUT2D eigenvalue weighted by Crippen LogP contribution is 2.15. The third-order valence-corrected chi connectivity index (χ3v) is 3.31. The van der Waals surface area contributed by atoms with E-state index in [-0.39, 0.29) is 0 Å². The number of hydrogen-bond acceptors (Lipinski definition) is 4. The molecule has 0 amide bonds. The summed E-state index contributed by atoms with van der Waals surface area (Å²) in [4.78, 5) is 31.8. The molecule has 0 spiro atoms. The second-order valence-corrected chi connectivity index (χ2v) is 6.65.